The van der Waals surface area contributed by atoms with E-state index in [1.165, 1.54) is 34.6 Å². The number of aryl methyl sites for hydroxylation is 1. The third-order valence-corrected chi connectivity index (χ3v) is 8.39. The predicted octanol–water partition coefficient (Wildman–Crippen LogP) is 5.01. The quantitative estimate of drug-likeness (QED) is 0.345. The van der Waals surface area contributed by atoms with Crippen LogP contribution in [-0.4, -0.2) is 59.7 Å². The fourth-order valence-electron chi connectivity index (χ4n) is 4.08. The van der Waals surface area contributed by atoms with E-state index in [4.69, 9.17) is 21.1 Å². The molecule has 1 fully saturated rings. The monoisotopic (exact) mass is 595 g/mol. The largest absolute Gasteiger partial charge is 0.433 e. The number of halogens is 4. The maximum absolute atomic E-state index is 13.9. The van der Waals surface area contributed by atoms with E-state index in [9.17, 15) is 26.4 Å². The second kappa shape index (κ2) is 10.7. The highest BCUT2D eigenvalue weighted by atomic mass is 35.5. The van der Waals surface area contributed by atoms with E-state index in [-0.39, 0.29) is 54.0 Å². The maximum Gasteiger partial charge on any atom is 0.433 e. The lowest BCUT2D eigenvalue weighted by Crippen LogP contribution is -2.40. The van der Waals surface area contributed by atoms with Gasteiger partial charge in [-0.25, -0.2) is 22.7 Å². The Morgan fingerprint density at radius 1 is 1.12 bits per heavy atom. The Labute approximate surface area is 231 Å². The first-order chi connectivity index (χ1) is 18.9. The minimum atomic E-state index is -4.80. The van der Waals surface area contributed by atoms with Crippen molar-refractivity contribution >= 4 is 39.1 Å². The van der Waals surface area contributed by atoms with Crippen molar-refractivity contribution in [3.8, 4) is 17.0 Å². The first-order valence-electron chi connectivity index (χ1n) is 11.8. The average Bonchev–Trinajstić information content (AvgIpc) is 3.32. The number of hydrogen-bond acceptors (Lipinski definition) is 7. The van der Waals surface area contributed by atoms with Crippen LogP contribution in [0.1, 0.15) is 11.3 Å². The van der Waals surface area contributed by atoms with Gasteiger partial charge in [-0.3, -0.25) is 5.32 Å². The van der Waals surface area contributed by atoms with Crippen molar-refractivity contribution in [2.24, 2.45) is 0 Å². The summed E-state index contributed by atoms with van der Waals surface area (Å²) in [5.41, 5.74) is -0.419. The van der Waals surface area contributed by atoms with Gasteiger partial charge in [0.25, 0.3) is 0 Å². The summed E-state index contributed by atoms with van der Waals surface area (Å²) in [5.74, 6) is -0.340. The molecule has 0 spiro atoms. The molecule has 40 heavy (non-hydrogen) atoms. The molecule has 0 unspecified atom stereocenters. The minimum Gasteiger partial charge on any atom is -0.404 e. The maximum atomic E-state index is 13.9. The molecule has 0 atom stereocenters. The molecule has 3 heterocycles. The number of anilines is 1. The smallest absolute Gasteiger partial charge is 0.404 e. The molecule has 2 aromatic heterocycles. The van der Waals surface area contributed by atoms with Gasteiger partial charge < -0.3 is 9.47 Å². The Bertz CT molecular complexity index is 1700. The van der Waals surface area contributed by atoms with Crippen LogP contribution in [0.25, 0.3) is 16.9 Å². The van der Waals surface area contributed by atoms with E-state index in [0.29, 0.717) is 20.7 Å². The van der Waals surface area contributed by atoms with Crippen molar-refractivity contribution in [2.75, 3.05) is 31.6 Å². The standard InChI is InChI=1S/C25H21ClF3N5O5S/c1-15-11-16(5-6-19(15)26)20-13-22(25(27,28)29)34-23(32-20)21(14-30-34)39-24(35)31-17-3-2-4-18(12-17)40(36,37)33-7-9-38-10-8-33/h2-6,11-14H,7-10H2,1H3,(H,31,35). The zero-order chi connectivity index (χ0) is 28.7. The van der Waals surface area contributed by atoms with E-state index < -0.39 is 28.0 Å². The molecule has 10 nitrogen and oxygen atoms in total. The van der Waals surface area contributed by atoms with Crippen LogP contribution in [0.2, 0.25) is 5.02 Å². The van der Waals surface area contributed by atoms with E-state index in [0.717, 1.165) is 12.3 Å². The molecule has 1 N–H and O–H groups in total. The summed E-state index contributed by atoms with van der Waals surface area (Å²) in [6, 6.07) is 11.0. The number of alkyl halides is 3. The molecular formula is C25H21ClF3N5O5S. The number of fused-ring (bicyclic) bond motifs is 1. The van der Waals surface area contributed by atoms with Crippen LogP contribution in [0.3, 0.4) is 0 Å². The Morgan fingerprint density at radius 3 is 2.58 bits per heavy atom. The van der Waals surface area contributed by atoms with Gasteiger partial charge >= 0.3 is 12.3 Å². The van der Waals surface area contributed by atoms with Gasteiger partial charge in [-0.2, -0.15) is 22.6 Å². The number of nitrogens with zero attached hydrogens (tertiary/aromatic N) is 4. The van der Waals surface area contributed by atoms with Crippen LogP contribution < -0.4 is 10.1 Å². The van der Waals surface area contributed by atoms with Crippen molar-refractivity contribution in [1.82, 2.24) is 18.9 Å². The van der Waals surface area contributed by atoms with Gasteiger partial charge in [0, 0.05) is 29.4 Å². The molecule has 5 rings (SSSR count). The molecule has 1 aliphatic rings. The van der Waals surface area contributed by atoms with Crippen LogP contribution in [0.5, 0.6) is 5.75 Å². The molecule has 1 amide bonds. The average molecular weight is 596 g/mol. The number of ether oxygens (including phenoxy) is 2. The van der Waals surface area contributed by atoms with Crippen LogP contribution >= 0.6 is 11.6 Å². The Balaban J connectivity index is 1.43. The zero-order valence-corrected chi connectivity index (χ0v) is 22.3. The molecule has 1 saturated heterocycles. The second-order valence-corrected chi connectivity index (χ2v) is 11.1. The number of hydrogen-bond donors (Lipinski definition) is 1. The minimum absolute atomic E-state index is 0.0358. The highest BCUT2D eigenvalue weighted by Gasteiger charge is 2.36. The third-order valence-electron chi connectivity index (χ3n) is 6.07. The van der Waals surface area contributed by atoms with E-state index in [1.807, 2.05) is 0 Å². The van der Waals surface area contributed by atoms with Gasteiger partial charge in [0.05, 0.1) is 30.0 Å². The van der Waals surface area contributed by atoms with Crippen molar-refractivity contribution in [2.45, 2.75) is 18.0 Å². The van der Waals surface area contributed by atoms with Crippen LogP contribution in [-0.2, 0) is 20.9 Å². The summed E-state index contributed by atoms with van der Waals surface area (Å²) in [6.07, 6.45) is -4.94. The number of morpholine rings is 1. The molecule has 0 radical (unpaired) electrons. The summed E-state index contributed by atoms with van der Waals surface area (Å²) in [7, 11) is -3.83. The van der Waals surface area contributed by atoms with Crippen LogP contribution in [0.15, 0.2) is 59.6 Å². The molecular weight excluding hydrogens is 575 g/mol. The number of nitrogens with one attached hydrogen (secondary N) is 1. The molecule has 0 aliphatic carbocycles. The van der Waals surface area contributed by atoms with Gasteiger partial charge in [0.1, 0.15) is 0 Å². The fourth-order valence-corrected chi connectivity index (χ4v) is 5.65. The highest BCUT2D eigenvalue weighted by Crippen LogP contribution is 2.35. The highest BCUT2D eigenvalue weighted by molar-refractivity contribution is 7.89. The van der Waals surface area contributed by atoms with E-state index >= 15 is 0 Å². The SMILES string of the molecule is Cc1cc(-c2cc(C(F)(F)F)n3ncc(OC(=O)Nc4cccc(S(=O)(=O)N5CCOCC5)c4)c3n2)ccc1Cl. The number of amides is 1. The number of rotatable bonds is 5. The van der Waals surface area contributed by atoms with E-state index in [1.54, 1.807) is 19.1 Å². The number of aromatic nitrogens is 3. The van der Waals surface area contributed by atoms with Gasteiger partial charge in [0.2, 0.25) is 10.0 Å². The summed E-state index contributed by atoms with van der Waals surface area (Å²) in [5, 5.41) is 6.56. The summed E-state index contributed by atoms with van der Waals surface area (Å²) < 4.78 is 79.8. The molecule has 210 valence electrons. The predicted molar refractivity (Wildman–Crippen MR) is 139 cm³/mol. The van der Waals surface area contributed by atoms with Crippen LogP contribution in [0, 0.1) is 6.92 Å². The van der Waals surface area contributed by atoms with Gasteiger partial charge in [-0.1, -0.05) is 23.7 Å². The third kappa shape index (κ3) is 5.61. The summed E-state index contributed by atoms with van der Waals surface area (Å²) >= 11 is 6.05. The lowest BCUT2D eigenvalue weighted by molar-refractivity contribution is -0.142. The molecule has 0 bridgehead atoms. The number of sulfonamides is 1. The lowest BCUT2D eigenvalue weighted by atomic mass is 10.1. The Morgan fingerprint density at radius 2 is 1.88 bits per heavy atom. The van der Waals surface area contributed by atoms with Crippen LogP contribution in [0.4, 0.5) is 23.7 Å². The molecule has 15 heteroatoms. The summed E-state index contributed by atoms with van der Waals surface area (Å²) in [4.78, 5) is 16.9. The zero-order valence-electron chi connectivity index (χ0n) is 20.8. The number of benzene rings is 2. The van der Waals surface area contributed by atoms with Crippen molar-refractivity contribution in [1.29, 1.82) is 0 Å². The van der Waals surface area contributed by atoms with Gasteiger partial charge in [0.15, 0.2) is 17.1 Å². The van der Waals surface area contributed by atoms with Crippen molar-refractivity contribution in [3.05, 3.63) is 71.0 Å². The van der Waals surface area contributed by atoms with Gasteiger partial charge in [-0.15, -0.1) is 0 Å². The second-order valence-electron chi connectivity index (χ2n) is 8.79. The lowest BCUT2D eigenvalue weighted by Gasteiger charge is -2.26. The fraction of sp³-hybridized carbons (Fsp3) is 0.240. The van der Waals surface area contributed by atoms with Gasteiger partial charge in [-0.05, 0) is 48.9 Å². The Kier molecular flexibility index (Phi) is 7.44. The molecule has 2 aromatic carbocycles. The first kappa shape index (κ1) is 27.8. The Hall–Kier alpha value is -3.72. The molecule has 1 aliphatic heterocycles. The topological polar surface area (TPSA) is 115 Å². The number of carbonyl (C=O) groups is 1. The van der Waals surface area contributed by atoms with E-state index in [2.05, 4.69) is 15.4 Å². The van der Waals surface area contributed by atoms with Crippen molar-refractivity contribution in [3.63, 3.8) is 0 Å². The van der Waals surface area contributed by atoms with Crippen molar-refractivity contribution < 1.29 is 35.9 Å². The number of carbonyl (C=O) groups excluding carboxylic acids is 1. The normalized spacial score (nSPS) is 14.8. The first-order valence-corrected chi connectivity index (χ1v) is 13.6. The molecule has 4 aromatic rings. The molecule has 0 saturated carbocycles. The summed E-state index contributed by atoms with van der Waals surface area (Å²) in [6.45, 7) is 2.63.